The SMILES string of the molecule is N=C(N)c1ncccc1OC1CCC1. The van der Waals surface area contributed by atoms with Gasteiger partial charge >= 0.3 is 0 Å². The first kappa shape index (κ1) is 8.99. The average molecular weight is 191 g/mol. The molecule has 0 aromatic carbocycles. The summed E-state index contributed by atoms with van der Waals surface area (Å²) in [5, 5.41) is 7.33. The van der Waals surface area contributed by atoms with Crippen molar-refractivity contribution in [3.63, 3.8) is 0 Å². The van der Waals surface area contributed by atoms with Crippen LogP contribution in [0.2, 0.25) is 0 Å². The lowest BCUT2D eigenvalue weighted by Gasteiger charge is -2.26. The van der Waals surface area contributed by atoms with E-state index in [9.17, 15) is 0 Å². The van der Waals surface area contributed by atoms with Gasteiger partial charge in [0, 0.05) is 6.20 Å². The number of rotatable bonds is 3. The highest BCUT2D eigenvalue weighted by Crippen LogP contribution is 2.26. The lowest BCUT2D eigenvalue weighted by Crippen LogP contribution is -2.26. The Hall–Kier alpha value is -1.58. The predicted molar refractivity (Wildman–Crippen MR) is 53.5 cm³/mol. The number of amidine groups is 1. The first-order valence-electron chi connectivity index (χ1n) is 4.73. The number of nitrogens with one attached hydrogen (secondary N) is 1. The molecular weight excluding hydrogens is 178 g/mol. The Labute approximate surface area is 82.6 Å². The van der Waals surface area contributed by atoms with Crippen LogP contribution in [-0.4, -0.2) is 16.9 Å². The van der Waals surface area contributed by atoms with E-state index in [-0.39, 0.29) is 11.9 Å². The summed E-state index contributed by atoms with van der Waals surface area (Å²) in [4.78, 5) is 4.02. The molecule has 4 heteroatoms. The van der Waals surface area contributed by atoms with E-state index in [4.69, 9.17) is 15.9 Å². The van der Waals surface area contributed by atoms with E-state index >= 15 is 0 Å². The van der Waals surface area contributed by atoms with E-state index < -0.39 is 0 Å². The van der Waals surface area contributed by atoms with Gasteiger partial charge in [0.15, 0.2) is 0 Å². The third-order valence-electron chi connectivity index (χ3n) is 2.37. The first-order chi connectivity index (χ1) is 6.77. The maximum Gasteiger partial charge on any atom is 0.149 e. The van der Waals surface area contributed by atoms with Gasteiger partial charge in [0.05, 0.1) is 6.10 Å². The third-order valence-corrected chi connectivity index (χ3v) is 2.37. The van der Waals surface area contributed by atoms with Gasteiger partial charge in [-0.15, -0.1) is 0 Å². The van der Waals surface area contributed by atoms with Crippen LogP contribution in [-0.2, 0) is 0 Å². The van der Waals surface area contributed by atoms with Crippen molar-refractivity contribution in [3.05, 3.63) is 24.0 Å². The molecule has 0 unspecified atom stereocenters. The maximum absolute atomic E-state index is 7.33. The number of nitrogens with two attached hydrogens (primary N) is 1. The van der Waals surface area contributed by atoms with E-state index in [1.807, 2.05) is 6.07 Å². The summed E-state index contributed by atoms with van der Waals surface area (Å²) in [6, 6.07) is 3.60. The van der Waals surface area contributed by atoms with Gasteiger partial charge in [0.1, 0.15) is 17.3 Å². The van der Waals surface area contributed by atoms with E-state index in [0.717, 1.165) is 12.8 Å². The van der Waals surface area contributed by atoms with Crippen molar-refractivity contribution in [2.24, 2.45) is 5.73 Å². The minimum absolute atomic E-state index is 0.0417. The van der Waals surface area contributed by atoms with Gasteiger partial charge < -0.3 is 10.5 Å². The zero-order valence-corrected chi connectivity index (χ0v) is 7.86. The number of aromatic nitrogens is 1. The summed E-state index contributed by atoms with van der Waals surface area (Å²) >= 11 is 0. The zero-order valence-electron chi connectivity index (χ0n) is 7.86. The van der Waals surface area contributed by atoms with Gasteiger partial charge in [0.25, 0.3) is 0 Å². The number of nitrogen functional groups attached to an aromatic ring is 1. The van der Waals surface area contributed by atoms with Crippen LogP contribution >= 0.6 is 0 Å². The first-order valence-corrected chi connectivity index (χ1v) is 4.73. The number of nitrogens with zero attached hydrogens (tertiary/aromatic N) is 1. The van der Waals surface area contributed by atoms with Gasteiger partial charge in [-0.25, -0.2) is 4.98 Å². The fraction of sp³-hybridized carbons (Fsp3) is 0.400. The fourth-order valence-electron chi connectivity index (χ4n) is 1.36. The van der Waals surface area contributed by atoms with Crippen molar-refractivity contribution in [2.45, 2.75) is 25.4 Å². The molecule has 0 saturated heterocycles. The normalized spacial score (nSPS) is 16.0. The Bertz CT molecular complexity index is 347. The zero-order chi connectivity index (χ0) is 9.97. The number of ether oxygens (including phenoxy) is 1. The van der Waals surface area contributed by atoms with Crippen LogP contribution in [0.3, 0.4) is 0 Å². The lowest BCUT2D eigenvalue weighted by molar-refractivity contribution is 0.119. The van der Waals surface area contributed by atoms with Gasteiger partial charge in [-0.05, 0) is 31.4 Å². The Morgan fingerprint density at radius 3 is 2.93 bits per heavy atom. The number of hydrogen-bond donors (Lipinski definition) is 2. The summed E-state index contributed by atoms with van der Waals surface area (Å²) in [6.45, 7) is 0. The highest BCUT2D eigenvalue weighted by molar-refractivity contribution is 5.95. The van der Waals surface area contributed by atoms with Crippen LogP contribution in [0.1, 0.15) is 25.0 Å². The second-order valence-electron chi connectivity index (χ2n) is 3.43. The Balaban J connectivity index is 2.17. The van der Waals surface area contributed by atoms with Crippen molar-refractivity contribution < 1.29 is 4.74 Å². The molecule has 1 aliphatic carbocycles. The molecule has 74 valence electrons. The maximum atomic E-state index is 7.33. The number of pyridine rings is 1. The van der Waals surface area contributed by atoms with Crippen LogP contribution < -0.4 is 10.5 Å². The summed E-state index contributed by atoms with van der Waals surface area (Å²) in [5.41, 5.74) is 5.83. The van der Waals surface area contributed by atoms with Crippen LogP contribution in [0.5, 0.6) is 5.75 Å². The molecule has 0 bridgehead atoms. The smallest absolute Gasteiger partial charge is 0.149 e. The lowest BCUT2D eigenvalue weighted by atomic mass is 9.96. The second kappa shape index (κ2) is 3.65. The molecule has 2 rings (SSSR count). The Morgan fingerprint density at radius 2 is 2.36 bits per heavy atom. The van der Waals surface area contributed by atoms with E-state index in [0.29, 0.717) is 11.4 Å². The van der Waals surface area contributed by atoms with Gasteiger partial charge in [-0.1, -0.05) is 0 Å². The minimum atomic E-state index is -0.0417. The van der Waals surface area contributed by atoms with Crippen LogP contribution in [0.4, 0.5) is 0 Å². The van der Waals surface area contributed by atoms with Crippen molar-refractivity contribution in [1.29, 1.82) is 5.41 Å². The molecule has 3 N–H and O–H groups in total. The molecular formula is C10H13N3O. The molecule has 0 aliphatic heterocycles. The van der Waals surface area contributed by atoms with Crippen LogP contribution in [0, 0.1) is 5.41 Å². The topological polar surface area (TPSA) is 72.0 Å². The van der Waals surface area contributed by atoms with E-state index in [1.54, 1.807) is 12.3 Å². The van der Waals surface area contributed by atoms with Crippen LogP contribution in [0.15, 0.2) is 18.3 Å². The minimum Gasteiger partial charge on any atom is -0.488 e. The molecule has 0 radical (unpaired) electrons. The Kier molecular flexibility index (Phi) is 2.35. The van der Waals surface area contributed by atoms with E-state index in [1.165, 1.54) is 6.42 Å². The highest BCUT2D eigenvalue weighted by atomic mass is 16.5. The fourth-order valence-corrected chi connectivity index (χ4v) is 1.36. The van der Waals surface area contributed by atoms with Crippen LogP contribution in [0.25, 0.3) is 0 Å². The average Bonchev–Trinajstić information content (AvgIpc) is 2.12. The highest BCUT2D eigenvalue weighted by Gasteiger charge is 2.20. The largest absolute Gasteiger partial charge is 0.488 e. The molecule has 1 heterocycles. The molecule has 1 aromatic rings. The molecule has 0 amide bonds. The molecule has 0 atom stereocenters. The summed E-state index contributed by atoms with van der Waals surface area (Å²) in [6.07, 6.45) is 5.31. The molecule has 1 aliphatic rings. The van der Waals surface area contributed by atoms with Gasteiger partial charge in [-0.2, -0.15) is 0 Å². The quantitative estimate of drug-likeness (QED) is 0.558. The Morgan fingerprint density at radius 1 is 1.57 bits per heavy atom. The number of hydrogen-bond acceptors (Lipinski definition) is 3. The van der Waals surface area contributed by atoms with Crippen molar-refractivity contribution in [3.8, 4) is 5.75 Å². The summed E-state index contributed by atoms with van der Waals surface area (Å²) in [7, 11) is 0. The monoisotopic (exact) mass is 191 g/mol. The molecule has 4 nitrogen and oxygen atoms in total. The molecule has 1 fully saturated rings. The van der Waals surface area contributed by atoms with Gasteiger partial charge in [-0.3, -0.25) is 5.41 Å². The molecule has 0 spiro atoms. The summed E-state index contributed by atoms with van der Waals surface area (Å²) < 4.78 is 5.66. The van der Waals surface area contributed by atoms with Crippen molar-refractivity contribution in [1.82, 2.24) is 4.98 Å². The molecule has 1 aromatic heterocycles. The molecule has 1 saturated carbocycles. The van der Waals surface area contributed by atoms with Gasteiger partial charge in [0.2, 0.25) is 0 Å². The van der Waals surface area contributed by atoms with Crippen molar-refractivity contribution >= 4 is 5.84 Å². The van der Waals surface area contributed by atoms with Crippen molar-refractivity contribution in [2.75, 3.05) is 0 Å². The molecule has 14 heavy (non-hydrogen) atoms. The van der Waals surface area contributed by atoms with E-state index in [2.05, 4.69) is 4.98 Å². The summed E-state index contributed by atoms with van der Waals surface area (Å²) in [5.74, 6) is 0.588. The second-order valence-corrected chi connectivity index (χ2v) is 3.43. The standard InChI is InChI=1S/C10H13N3O/c11-10(12)9-8(5-2-6-13-9)14-7-3-1-4-7/h2,5-7H,1,3-4H2,(H3,11,12). The third kappa shape index (κ3) is 1.69. The predicted octanol–water partition coefficient (Wildman–Crippen LogP) is 1.30.